The van der Waals surface area contributed by atoms with Crippen molar-refractivity contribution >= 4 is 17.5 Å². The van der Waals surface area contributed by atoms with Crippen LogP contribution in [-0.2, 0) is 16.7 Å². The second-order valence-corrected chi connectivity index (χ2v) is 8.11. The van der Waals surface area contributed by atoms with E-state index in [4.69, 9.17) is 25.5 Å². The van der Waals surface area contributed by atoms with Crippen LogP contribution in [0.25, 0.3) is 0 Å². The highest BCUT2D eigenvalue weighted by atomic mass is 35.5. The second-order valence-electron chi connectivity index (χ2n) is 7.68. The maximum absolute atomic E-state index is 12.8. The van der Waals surface area contributed by atoms with Crippen molar-refractivity contribution < 1.29 is 18.7 Å². The number of methoxy groups -OCH3 is 1. The van der Waals surface area contributed by atoms with Crippen LogP contribution in [0.3, 0.4) is 0 Å². The van der Waals surface area contributed by atoms with E-state index in [1.165, 1.54) is 7.11 Å². The summed E-state index contributed by atoms with van der Waals surface area (Å²) in [4.78, 5) is 17.0. The van der Waals surface area contributed by atoms with E-state index in [1.807, 2.05) is 31.5 Å². The minimum Gasteiger partial charge on any atom is -0.496 e. The molecule has 1 fully saturated rings. The van der Waals surface area contributed by atoms with E-state index >= 15 is 0 Å². The fraction of sp³-hybridized carbons (Fsp3) is 0.500. The lowest BCUT2D eigenvalue weighted by molar-refractivity contribution is 0.0930. The lowest BCUT2D eigenvalue weighted by Gasteiger charge is -2.13. The molecule has 3 rings (SSSR count). The summed E-state index contributed by atoms with van der Waals surface area (Å²) in [6.07, 6.45) is 4.03. The van der Waals surface area contributed by atoms with Crippen LogP contribution in [0.2, 0.25) is 5.02 Å². The van der Waals surface area contributed by atoms with Gasteiger partial charge < -0.3 is 13.9 Å². The third-order valence-corrected chi connectivity index (χ3v) is 4.71. The summed E-state index contributed by atoms with van der Waals surface area (Å²) in [6, 6.07) is 4.86. The Hall–Kier alpha value is -2.05. The van der Waals surface area contributed by atoms with Gasteiger partial charge in [0, 0.05) is 23.2 Å². The molecule has 146 valence electrons. The predicted molar refractivity (Wildman–Crippen MR) is 102 cm³/mol. The number of carbonyl (C=O) groups excluding carboxylic acids is 1. The molecule has 0 aliphatic carbocycles. The van der Waals surface area contributed by atoms with Crippen molar-refractivity contribution in [3.05, 3.63) is 46.4 Å². The Labute approximate surface area is 163 Å². The Bertz CT molecular complexity index is 886. The van der Waals surface area contributed by atoms with E-state index in [9.17, 15) is 4.79 Å². The van der Waals surface area contributed by atoms with Crippen LogP contribution in [-0.4, -0.2) is 30.3 Å². The molecule has 2 aromatic rings. The highest BCUT2D eigenvalue weighted by molar-refractivity contribution is 6.31. The van der Waals surface area contributed by atoms with Gasteiger partial charge in [0.05, 0.1) is 25.3 Å². The van der Waals surface area contributed by atoms with Crippen molar-refractivity contribution in [2.24, 2.45) is 4.99 Å². The zero-order valence-electron chi connectivity index (χ0n) is 16.1. The number of hydrogen-bond acceptors (Lipinski definition) is 4. The molecule has 6 nitrogen and oxygen atoms in total. The van der Waals surface area contributed by atoms with Gasteiger partial charge in [-0.15, -0.1) is 0 Å². The topological polar surface area (TPSA) is 66.0 Å². The van der Waals surface area contributed by atoms with E-state index in [2.05, 4.69) is 4.99 Å². The first-order chi connectivity index (χ1) is 12.8. The molecule has 0 spiro atoms. The number of oxazole rings is 1. The molecule has 1 aliphatic heterocycles. The number of rotatable bonds is 4. The molecule has 0 bridgehead atoms. The Balaban J connectivity index is 2.02. The van der Waals surface area contributed by atoms with Gasteiger partial charge in [0.2, 0.25) is 0 Å². The Kier molecular flexibility index (Phi) is 5.77. The molecular weight excluding hydrogens is 368 g/mol. The van der Waals surface area contributed by atoms with Gasteiger partial charge in [0.1, 0.15) is 11.5 Å². The molecule has 0 N–H and O–H groups in total. The minimum atomic E-state index is -0.467. The summed E-state index contributed by atoms with van der Waals surface area (Å²) < 4.78 is 18.8. The third kappa shape index (κ3) is 4.62. The van der Waals surface area contributed by atoms with Crippen molar-refractivity contribution in [1.29, 1.82) is 0 Å². The molecule has 0 radical (unpaired) electrons. The van der Waals surface area contributed by atoms with Gasteiger partial charge in [-0.25, -0.2) is 0 Å². The number of nitrogens with zero attached hydrogens (tertiary/aromatic N) is 2. The van der Waals surface area contributed by atoms with Gasteiger partial charge in [0.25, 0.3) is 5.91 Å². The maximum atomic E-state index is 12.8. The fourth-order valence-electron chi connectivity index (χ4n) is 2.95. The predicted octanol–water partition coefficient (Wildman–Crippen LogP) is 3.96. The molecule has 1 aliphatic rings. The van der Waals surface area contributed by atoms with Crippen molar-refractivity contribution in [3.63, 3.8) is 0 Å². The van der Waals surface area contributed by atoms with E-state index in [1.54, 1.807) is 18.2 Å². The number of halogens is 1. The minimum absolute atomic E-state index is 0.102. The number of aromatic nitrogens is 1. The first-order valence-electron chi connectivity index (χ1n) is 9.03. The van der Waals surface area contributed by atoms with Crippen molar-refractivity contribution in [1.82, 2.24) is 4.57 Å². The molecule has 1 unspecified atom stereocenters. The van der Waals surface area contributed by atoms with Crippen molar-refractivity contribution in [2.75, 3.05) is 13.7 Å². The summed E-state index contributed by atoms with van der Waals surface area (Å²) in [5.41, 5.74) is 0.341. The average molecular weight is 393 g/mol. The fourth-order valence-corrected chi connectivity index (χ4v) is 3.12. The summed E-state index contributed by atoms with van der Waals surface area (Å²) in [7, 11) is 1.50. The largest absolute Gasteiger partial charge is 0.496 e. The first-order valence-corrected chi connectivity index (χ1v) is 9.40. The summed E-state index contributed by atoms with van der Waals surface area (Å²) in [5.74, 6) is 0.705. The lowest BCUT2D eigenvalue weighted by Crippen LogP contribution is -2.24. The van der Waals surface area contributed by atoms with Gasteiger partial charge >= 0.3 is 5.68 Å². The Morgan fingerprint density at radius 3 is 2.81 bits per heavy atom. The van der Waals surface area contributed by atoms with Crippen molar-refractivity contribution in [2.45, 2.75) is 51.7 Å². The number of benzene rings is 1. The molecule has 1 saturated heterocycles. The van der Waals surface area contributed by atoms with E-state index in [0.29, 0.717) is 22.9 Å². The number of hydrogen-bond donors (Lipinski definition) is 0. The van der Waals surface area contributed by atoms with Gasteiger partial charge in [0.15, 0.2) is 0 Å². The summed E-state index contributed by atoms with van der Waals surface area (Å²) in [5, 5.41) is 0.441. The Morgan fingerprint density at radius 2 is 2.19 bits per heavy atom. The van der Waals surface area contributed by atoms with Crippen LogP contribution >= 0.6 is 11.6 Å². The lowest BCUT2D eigenvalue weighted by atomic mass is 9.94. The van der Waals surface area contributed by atoms with Crippen LogP contribution in [0.1, 0.15) is 49.7 Å². The van der Waals surface area contributed by atoms with Crippen LogP contribution in [0, 0.1) is 0 Å². The average Bonchev–Trinajstić information content (AvgIpc) is 3.25. The van der Waals surface area contributed by atoms with Crippen LogP contribution < -0.4 is 10.4 Å². The highest BCUT2D eigenvalue weighted by Crippen LogP contribution is 2.24. The van der Waals surface area contributed by atoms with Crippen LogP contribution in [0.15, 0.2) is 33.8 Å². The van der Waals surface area contributed by atoms with Crippen molar-refractivity contribution in [3.8, 4) is 5.75 Å². The third-order valence-electron chi connectivity index (χ3n) is 4.47. The monoisotopic (exact) mass is 392 g/mol. The van der Waals surface area contributed by atoms with Gasteiger partial charge in [-0.3, -0.25) is 9.36 Å². The molecule has 7 heteroatoms. The zero-order chi connectivity index (χ0) is 19.6. The zero-order valence-corrected chi connectivity index (χ0v) is 16.9. The smallest absolute Gasteiger partial charge is 0.305 e. The molecule has 27 heavy (non-hydrogen) atoms. The summed E-state index contributed by atoms with van der Waals surface area (Å²) in [6.45, 7) is 7.51. The molecule has 0 saturated carbocycles. The standard InChI is InChI=1S/C20H25ClN2O4/c1-20(2,3)17-12-23(11-14-6-5-9-26-14)19(27-17)22-18(24)15-10-13(21)7-8-16(15)25-4/h7-8,10,12,14H,5-6,9,11H2,1-4H3. The van der Waals surface area contributed by atoms with Gasteiger partial charge in [-0.2, -0.15) is 4.99 Å². The van der Waals surface area contributed by atoms with Crippen LogP contribution in [0.4, 0.5) is 0 Å². The molecule has 1 atom stereocenters. The number of ether oxygens (including phenoxy) is 2. The first kappa shape index (κ1) is 19.7. The summed E-state index contributed by atoms with van der Waals surface area (Å²) >= 11 is 6.03. The van der Waals surface area contributed by atoms with Gasteiger partial charge in [-0.1, -0.05) is 32.4 Å². The van der Waals surface area contributed by atoms with Crippen LogP contribution in [0.5, 0.6) is 5.75 Å². The quantitative estimate of drug-likeness (QED) is 0.789. The molecule has 1 amide bonds. The normalized spacial score (nSPS) is 18.1. The second kappa shape index (κ2) is 7.90. The molecule has 1 aromatic carbocycles. The van der Waals surface area contributed by atoms with E-state index in [-0.39, 0.29) is 17.2 Å². The van der Waals surface area contributed by atoms with E-state index in [0.717, 1.165) is 25.2 Å². The highest BCUT2D eigenvalue weighted by Gasteiger charge is 2.23. The SMILES string of the molecule is COc1ccc(Cl)cc1C(=O)N=c1oc(C(C)(C)C)cn1CC1CCCO1. The molecule has 2 heterocycles. The number of carbonyl (C=O) groups is 1. The van der Waals surface area contributed by atoms with E-state index < -0.39 is 5.91 Å². The van der Waals surface area contributed by atoms with Gasteiger partial charge in [-0.05, 0) is 31.0 Å². The maximum Gasteiger partial charge on any atom is 0.305 e. The number of amides is 1. The molecule has 1 aromatic heterocycles. The Morgan fingerprint density at radius 1 is 1.41 bits per heavy atom. The molecular formula is C20H25ClN2O4.